The number of carbonyl (C=O) groups is 1. The summed E-state index contributed by atoms with van der Waals surface area (Å²) in [5.74, 6) is 1.24. The summed E-state index contributed by atoms with van der Waals surface area (Å²) in [7, 11) is 5.04. The topological polar surface area (TPSA) is 67.3 Å². The van der Waals surface area contributed by atoms with Gasteiger partial charge in [0.1, 0.15) is 18.5 Å². The van der Waals surface area contributed by atoms with E-state index in [1.165, 1.54) is 0 Å². The molecule has 6 nitrogen and oxygen atoms in total. The molecule has 0 aliphatic carbocycles. The van der Waals surface area contributed by atoms with Crippen molar-refractivity contribution in [3.63, 3.8) is 0 Å². The van der Waals surface area contributed by atoms with Gasteiger partial charge in [-0.1, -0.05) is 0 Å². The van der Waals surface area contributed by atoms with E-state index in [4.69, 9.17) is 4.74 Å². The molecule has 0 aliphatic rings. The molecule has 0 saturated carbocycles. The number of nitrogens with zero attached hydrogens (tertiary/aromatic N) is 3. The molecule has 0 aliphatic heterocycles. The highest BCUT2D eigenvalue weighted by Gasteiger charge is 2.15. The monoisotopic (exact) mass is 252 g/mol. The molecule has 6 heteroatoms. The molecule has 1 aromatic rings. The van der Waals surface area contributed by atoms with Crippen LogP contribution in [-0.2, 0) is 16.1 Å². The number of aromatic nitrogens is 2. The van der Waals surface area contributed by atoms with Crippen LogP contribution in [0.3, 0.4) is 0 Å². The molecule has 0 fully saturated rings. The van der Waals surface area contributed by atoms with E-state index in [0.29, 0.717) is 18.2 Å². The molecule has 1 rings (SSSR count). The van der Waals surface area contributed by atoms with Crippen LogP contribution in [0.5, 0.6) is 0 Å². The first-order valence-corrected chi connectivity index (χ1v) is 5.75. The van der Waals surface area contributed by atoms with Crippen molar-refractivity contribution in [3.05, 3.63) is 17.6 Å². The van der Waals surface area contributed by atoms with Gasteiger partial charge >= 0.3 is 0 Å². The Kier molecular flexibility index (Phi) is 5.03. The SMILES string of the molecule is COCc1nc(C)cc(N[C@@H](C)C(=O)N(C)C)n1. The van der Waals surface area contributed by atoms with E-state index >= 15 is 0 Å². The highest BCUT2D eigenvalue weighted by Crippen LogP contribution is 2.09. The molecule has 0 aromatic carbocycles. The summed E-state index contributed by atoms with van der Waals surface area (Å²) in [5, 5.41) is 3.06. The summed E-state index contributed by atoms with van der Waals surface area (Å²) in [5.41, 5.74) is 0.837. The van der Waals surface area contributed by atoms with Crippen molar-refractivity contribution in [1.82, 2.24) is 14.9 Å². The number of hydrogen-bond acceptors (Lipinski definition) is 5. The number of methoxy groups -OCH3 is 1. The first kappa shape index (κ1) is 14.4. The molecular formula is C12H20N4O2. The van der Waals surface area contributed by atoms with Gasteiger partial charge in [0.25, 0.3) is 0 Å². The second-order valence-electron chi connectivity index (χ2n) is 4.34. The zero-order valence-electron chi connectivity index (χ0n) is 11.5. The van der Waals surface area contributed by atoms with Crippen LogP contribution in [0.2, 0.25) is 0 Å². The average Bonchev–Trinajstić information content (AvgIpc) is 2.27. The summed E-state index contributed by atoms with van der Waals surface area (Å²) < 4.78 is 5.00. The lowest BCUT2D eigenvalue weighted by molar-refractivity contribution is -0.129. The van der Waals surface area contributed by atoms with Crippen molar-refractivity contribution in [2.24, 2.45) is 0 Å². The second kappa shape index (κ2) is 6.30. The van der Waals surface area contributed by atoms with Crippen LogP contribution in [0, 0.1) is 6.92 Å². The normalized spacial score (nSPS) is 12.1. The Balaban J connectivity index is 2.80. The number of likely N-dealkylation sites (N-methyl/N-ethyl adjacent to an activating group) is 1. The van der Waals surface area contributed by atoms with Gasteiger partial charge in [0.15, 0.2) is 5.82 Å². The fourth-order valence-electron chi connectivity index (χ4n) is 1.57. The van der Waals surface area contributed by atoms with Crippen molar-refractivity contribution < 1.29 is 9.53 Å². The number of anilines is 1. The minimum Gasteiger partial charge on any atom is -0.377 e. The molecule has 1 amide bonds. The zero-order valence-corrected chi connectivity index (χ0v) is 11.5. The fourth-order valence-corrected chi connectivity index (χ4v) is 1.57. The van der Waals surface area contributed by atoms with Gasteiger partial charge in [-0.05, 0) is 13.8 Å². The lowest BCUT2D eigenvalue weighted by Gasteiger charge is -2.18. The predicted molar refractivity (Wildman–Crippen MR) is 69.3 cm³/mol. The number of amides is 1. The first-order valence-electron chi connectivity index (χ1n) is 5.75. The molecule has 0 bridgehead atoms. The molecule has 100 valence electrons. The van der Waals surface area contributed by atoms with Crippen molar-refractivity contribution in [3.8, 4) is 0 Å². The van der Waals surface area contributed by atoms with Gasteiger partial charge in [-0.25, -0.2) is 9.97 Å². The Bertz CT molecular complexity index is 421. The number of aryl methyl sites for hydroxylation is 1. The molecule has 18 heavy (non-hydrogen) atoms. The predicted octanol–water partition coefficient (Wildman–Crippen LogP) is 0.820. The van der Waals surface area contributed by atoms with Crippen LogP contribution in [0.25, 0.3) is 0 Å². The van der Waals surface area contributed by atoms with Crippen LogP contribution >= 0.6 is 0 Å². The molecule has 1 atom stereocenters. The van der Waals surface area contributed by atoms with E-state index in [-0.39, 0.29) is 11.9 Å². The number of ether oxygens (including phenoxy) is 1. The van der Waals surface area contributed by atoms with Crippen molar-refractivity contribution >= 4 is 11.7 Å². The standard InChI is InChI=1S/C12H20N4O2/c1-8-6-10(15-11(13-8)7-18-5)14-9(2)12(17)16(3)4/h6,9H,7H2,1-5H3,(H,13,14,15)/t9-/m0/s1. The minimum atomic E-state index is -0.329. The van der Waals surface area contributed by atoms with Gasteiger partial charge in [-0.2, -0.15) is 0 Å². The van der Waals surface area contributed by atoms with Crippen LogP contribution in [-0.4, -0.2) is 48.0 Å². The van der Waals surface area contributed by atoms with Gasteiger partial charge in [-0.15, -0.1) is 0 Å². The first-order chi connectivity index (χ1) is 8.43. The quantitative estimate of drug-likeness (QED) is 0.840. The van der Waals surface area contributed by atoms with Gasteiger partial charge in [-0.3, -0.25) is 4.79 Å². The fraction of sp³-hybridized carbons (Fsp3) is 0.583. The summed E-state index contributed by atoms with van der Waals surface area (Å²) >= 11 is 0. The highest BCUT2D eigenvalue weighted by atomic mass is 16.5. The largest absolute Gasteiger partial charge is 0.377 e. The van der Waals surface area contributed by atoms with Gasteiger partial charge in [0, 0.05) is 33.0 Å². The number of hydrogen-bond donors (Lipinski definition) is 1. The van der Waals surface area contributed by atoms with Crippen LogP contribution in [0.1, 0.15) is 18.4 Å². The van der Waals surface area contributed by atoms with Gasteiger partial charge < -0.3 is 15.0 Å². The minimum absolute atomic E-state index is 0.000410. The molecule has 0 radical (unpaired) electrons. The number of nitrogens with one attached hydrogen (secondary N) is 1. The van der Waals surface area contributed by atoms with E-state index < -0.39 is 0 Å². The molecule has 0 saturated heterocycles. The zero-order chi connectivity index (χ0) is 13.7. The number of rotatable bonds is 5. The third kappa shape index (κ3) is 3.96. The summed E-state index contributed by atoms with van der Waals surface area (Å²) in [6.07, 6.45) is 0. The van der Waals surface area contributed by atoms with Crippen LogP contribution in [0.15, 0.2) is 6.07 Å². The summed E-state index contributed by atoms with van der Waals surface area (Å²) in [6, 6.07) is 1.48. The van der Waals surface area contributed by atoms with Crippen molar-refractivity contribution in [2.75, 3.05) is 26.5 Å². The Hall–Kier alpha value is -1.69. The van der Waals surface area contributed by atoms with E-state index in [2.05, 4.69) is 15.3 Å². The third-order valence-corrected chi connectivity index (χ3v) is 2.35. The van der Waals surface area contributed by atoms with Crippen LogP contribution in [0.4, 0.5) is 5.82 Å². The van der Waals surface area contributed by atoms with Gasteiger partial charge in [0.05, 0.1) is 0 Å². The Morgan fingerprint density at radius 3 is 2.72 bits per heavy atom. The molecule has 1 heterocycles. The third-order valence-electron chi connectivity index (χ3n) is 2.35. The van der Waals surface area contributed by atoms with Crippen molar-refractivity contribution in [1.29, 1.82) is 0 Å². The maximum atomic E-state index is 11.7. The molecule has 1 N–H and O–H groups in total. The summed E-state index contributed by atoms with van der Waals surface area (Å²) in [6.45, 7) is 4.03. The number of carbonyl (C=O) groups excluding carboxylic acids is 1. The smallest absolute Gasteiger partial charge is 0.244 e. The summed E-state index contributed by atoms with van der Waals surface area (Å²) in [4.78, 5) is 21.8. The lowest BCUT2D eigenvalue weighted by Crippen LogP contribution is -2.36. The second-order valence-corrected chi connectivity index (χ2v) is 4.34. The maximum absolute atomic E-state index is 11.7. The van der Waals surface area contributed by atoms with Gasteiger partial charge in [0.2, 0.25) is 5.91 Å². The Labute approximate surface area is 107 Å². The van der Waals surface area contributed by atoms with E-state index in [0.717, 1.165) is 5.69 Å². The Morgan fingerprint density at radius 1 is 1.50 bits per heavy atom. The van der Waals surface area contributed by atoms with Crippen LogP contribution < -0.4 is 5.32 Å². The Morgan fingerprint density at radius 2 is 2.17 bits per heavy atom. The maximum Gasteiger partial charge on any atom is 0.244 e. The van der Waals surface area contributed by atoms with E-state index in [1.54, 1.807) is 39.1 Å². The van der Waals surface area contributed by atoms with E-state index in [1.807, 2.05) is 6.92 Å². The molecule has 0 spiro atoms. The molecule has 0 unspecified atom stereocenters. The van der Waals surface area contributed by atoms with E-state index in [9.17, 15) is 4.79 Å². The molecular weight excluding hydrogens is 232 g/mol. The van der Waals surface area contributed by atoms with Crippen molar-refractivity contribution in [2.45, 2.75) is 26.5 Å². The average molecular weight is 252 g/mol. The lowest BCUT2D eigenvalue weighted by atomic mass is 10.3. The molecule has 1 aromatic heterocycles. The highest BCUT2D eigenvalue weighted by molar-refractivity contribution is 5.83.